The van der Waals surface area contributed by atoms with Gasteiger partial charge in [0.15, 0.2) is 0 Å². The maximum Gasteiger partial charge on any atom is 0.494 e. The molecule has 168 valence electrons. The van der Waals surface area contributed by atoms with Crippen molar-refractivity contribution in [3.63, 3.8) is 0 Å². The number of anilines is 1. The SMILES string of the molecule is CC1(C)C(=O)N([C@H]2C[C@@H](N3CCCCC3)C2)c2cc(B3OC(C)(C)C(C)(C)O3)ccc21. The van der Waals surface area contributed by atoms with E-state index in [-0.39, 0.29) is 17.1 Å². The van der Waals surface area contributed by atoms with Crippen LogP contribution in [-0.4, -0.2) is 54.3 Å². The molecule has 0 aromatic heterocycles. The third-order valence-corrected chi connectivity index (χ3v) is 8.59. The molecule has 0 unspecified atom stereocenters. The molecule has 0 spiro atoms. The predicted octanol–water partition coefficient (Wildman–Crippen LogP) is 3.63. The standard InChI is InChI=1S/C25H37BN2O3/c1-23(2)20-11-10-17(26-30-24(3,4)25(5,6)31-26)14-21(20)28(22(23)29)19-15-18(16-19)27-12-8-7-9-13-27/h10-11,14,18-19H,7-9,12-13,15-16H2,1-6H3/t18-,19+. The molecule has 3 heterocycles. The predicted molar refractivity (Wildman–Crippen MR) is 125 cm³/mol. The van der Waals surface area contributed by atoms with E-state index < -0.39 is 12.5 Å². The van der Waals surface area contributed by atoms with Crippen molar-refractivity contribution in [2.24, 2.45) is 0 Å². The summed E-state index contributed by atoms with van der Waals surface area (Å²) in [4.78, 5) is 18.2. The lowest BCUT2D eigenvalue weighted by molar-refractivity contribution is -0.123. The molecule has 1 aromatic carbocycles. The second-order valence-electron chi connectivity index (χ2n) is 11.5. The van der Waals surface area contributed by atoms with Crippen LogP contribution >= 0.6 is 0 Å². The molecule has 0 bridgehead atoms. The van der Waals surface area contributed by atoms with Crippen molar-refractivity contribution in [3.05, 3.63) is 23.8 Å². The molecule has 3 fully saturated rings. The summed E-state index contributed by atoms with van der Waals surface area (Å²) in [6, 6.07) is 7.29. The number of carbonyl (C=O) groups is 1. The van der Waals surface area contributed by atoms with E-state index in [9.17, 15) is 4.79 Å². The second kappa shape index (κ2) is 7.07. The van der Waals surface area contributed by atoms with Gasteiger partial charge in [-0.1, -0.05) is 18.6 Å². The molecule has 1 aromatic rings. The van der Waals surface area contributed by atoms with Gasteiger partial charge in [-0.15, -0.1) is 0 Å². The number of fused-ring (bicyclic) bond motifs is 1. The number of hydrogen-bond donors (Lipinski definition) is 0. The summed E-state index contributed by atoms with van der Waals surface area (Å²) in [6.45, 7) is 14.9. The Morgan fingerprint density at radius 1 is 0.903 bits per heavy atom. The number of likely N-dealkylation sites (tertiary alicyclic amines) is 1. The minimum Gasteiger partial charge on any atom is -0.399 e. The van der Waals surface area contributed by atoms with Gasteiger partial charge in [0.1, 0.15) is 0 Å². The normalized spacial score (nSPS) is 31.6. The minimum atomic E-state index is -0.486. The summed E-state index contributed by atoms with van der Waals surface area (Å²) in [7, 11) is -0.404. The van der Waals surface area contributed by atoms with E-state index in [4.69, 9.17) is 9.31 Å². The third-order valence-electron chi connectivity index (χ3n) is 8.59. The summed E-state index contributed by atoms with van der Waals surface area (Å²) >= 11 is 0. The van der Waals surface area contributed by atoms with E-state index in [1.54, 1.807) is 0 Å². The zero-order valence-corrected chi connectivity index (χ0v) is 20.0. The van der Waals surface area contributed by atoms with Gasteiger partial charge < -0.3 is 19.1 Å². The first kappa shape index (κ1) is 21.5. The summed E-state index contributed by atoms with van der Waals surface area (Å²) in [6.07, 6.45) is 6.17. The number of hydrogen-bond acceptors (Lipinski definition) is 4. The molecule has 2 saturated heterocycles. The largest absolute Gasteiger partial charge is 0.494 e. The van der Waals surface area contributed by atoms with E-state index in [0.717, 1.165) is 29.6 Å². The molecule has 1 amide bonds. The van der Waals surface area contributed by atoms with Crippen LogP contribution in [0.4, 0.5) is 5.69 Å². The highest BCUT2D eigenvalue weighted by Crippen LogP contribution is 2.46. The molecular weight excluding hydrogens is 387 g/mol. The van der Waals surface area contributed by atoms with Crippen LogP contribution in [0, 0.1) is 0 Å². The van der Waals surface area contributed by atoms with Crippen LogP contribution in [-0.2, 0) is 19.5 Å². The smallest absolute Gasteiger partial charge is 0.399 e. The van der Waals surface area contributed by atoms with Crippen molar-refractivity contribution in [2.45, 2.75) is 102 Å². The van der Waals surface area contributed by atoms with E-state index in [0.29, 0.717) is 12.1 Å². The Kier molecular flexibility index (Phi) is 4.90. The molecule has 1 aliphatic carbocycles. The van der Waals surface area contributed by atoms with Gasteiger partial charge in [0.2, 0.25) is 5.91 Å². The van der Waals surface area contributed by atoms with Crippen LogP contribution in [0.25, 0.3) is 0 Å². The molecule has 0 atom stereocenters. The Morgan fingerprint density at radius 3 is 2.13 bits per heavy atom. The highest BCUT2D eigenvalue weighted by atomic mass is 16.7. The fraction of sp³-hybridized carbons (Fsp3) is 0.720. The van der Waals surface area contributed by atoms with E-state index in [1.807, 2.05) is 0 Å². The zero-order valence-electron chi connectivity index (χ0n) is 20.0. The summed E-state index contributed by atoms with van der Waals surface area (Å²) < 4.78 is 12.6. The molecule has 31 heavy (non-hydrogen) atoms. The van der Waals surface area contributed by atoms with Gasteiger partial charge in [-0.2, -0.15) is 0 Å². The summed E-state index contributed by atoms with van der Waals surface area (Å²) in [5.41, 5.74) is 1.95. The lowest BCUT2D eigenvalue weighted by Crippen LogP contribution is -2.57. The van der Waals surface area contributed by atoms with Crippen molar-refractivity contribution in [1.29, 1.82) is 0 Å². The Balaban J connectivity index is 1.40. The zero-order chi connectivity index (χ0) is 22.2. The first-order valence-electron chi connectivity index (χ1n) is 12.1. The van der Waals surface area contributed by atoms with Crippen LogP contribution in [0.15, 0.2) is 18.2 Å². The molecule has 0 N–H and O–H groups in total. The van der Waals surface area contributed by atoms with Crippen molar-refractivity contribution >= 4 is 24.2 Å². The highest BCUT2D eigenvalue weighted by molar-refractivity contribution is 6.62. The van der Waals surface area contributed by atoms with Crippen molar-refractivity contribution in [1.82, 2.24) is 4.90 Å². The Hall–Kier alpha value is -1.37. The molecule has 4 aliphatic rings. The van der Waals surface area contributed by atoms with Crippen LogP contribution in [0.2, 0.25) is 0 Å². The Morgan fingerprint density at radius 2 is 1.52 bits per heavy atom. The maximum atomic E-state index is 13.5. The van der Waals surface area contributed by atoms with Gasteiger partial charge in [0.25, 0.3) is 0 Å². The van der Waals surface area contributed by atoms with Gasteiger partial charge in [-0.25, -0.2) is 0 Å². The number of rotatable bonds is 3. The van der Waals surface area contributed by atoms with Gasteiger partial charge in [-0.05, 0) is 97.4 Å². The quantitative estimate of drug-likeness (QED) is 0.696. The summed E-state index contributed by atoms with van der Waals surface area (Å²) in [5.74, 6) is 0.232. The lowest BCUT2D eigenvalue weighted by atomic mass is 9.76. The average molecular weight is 424 g/mol. The highest BCUT2D eigenvalue weighted by Gasteiger charge is 2.53. The van der Waals surface area contributed by atoms with Gasteiger partial charge in [0, 0.05) is 17.8 Å². The molecule has 0 radical (unpaired) electrons. The maximum absolute atomic E-state index is 13.5. The van der Waals surface area contributed by atoms with E-state index >= 15 is 0 Å². The van der Waals surface area contributed by atoms with Crippen LogP contribution < -0.4 is 10.4 Å². The monoisotopic (exact) mass is 424 g/mol. The number of benzene rings is 1. The van der Waals surface area contributed by atoms with Crippen LogP contribution in [0.1, 0.15) is 79.2 Å². The van der Waals surface area contributed by atoms with Gasteiger partial charge in [-0.3, -0.25) is 4.79 Å². The molecule has 1 saturated carbocycles. The fourth-order valence-electron chi connectivity index (χ4n) is 5.64. The van der Waals surface area contributed by atoms with Crippen LogP contribution in [0.3, 0.4) is 0 Å². The van der Waals surface area contributed by atoms with Gasteiger partial charge >= 0.3 is 7.12 Å². The number of amides is 1. The second-order valence-corrected chi connectivity index (χ2v) is 11.5. The minimum absolute atomic E-state index is 0.232. The topological polar surface area (TPSA) is 42.0 Å². The average Bonchev–Trinajstić information content (AvgIpc) is 3.02. The Bertz CT molecular complexity index is 869. The first-order valence-corrected chi connectivity index (χ1v) is 12.1. The Labute approximate surface area is 187 Å². The van der Waals surface area contributed by atoms with E-state index in [2.05, 4.69) is 69.5 Å². The lowest BCUT2D eigenvalue weighted by Gasteiger charge is -2.48. The van der Waals surface area contributed by atoms with Crippen molar-refractivity contribution < 1.29 is 14.1 Å². The third kappa shape index (κ3) is 3.29. The molecule has 5 rings (SSSR count). The number of piperidine rings is 1. The molecular formula is C25H37BN2O3. The first-order chi connectivity index (χ1) is 14.5. The molecule has 6 heteroatoms. The summed E-state index contributed by atoms with van der Waals surface area (Å²) in [5, 5.41) is 0. The van der Waals surface area contributed by atoms with Crippen molar-refractivity contribution in [3.8, 4) is 0 Å². The number of nitrogens with zero attached hydrogens (tertiary/aromatic N) is 2. The van der Waals surface area contributed by atoms with E-state index in [1.165, 1.54) is 32.4 Å². The van der Waals surface area contributed by atoms with Gasteiger partial charge in [0.05, 0.1) is 16.6 Å². The van der Waals surface area contributed by atoms with Crippen LogP contribution in [0.5, 0.6) is 0 Å². The molecule has 5 nitrogen and oxygen atoms in total. The molecule has 3 aliphatic heterocycles. The number of carbonyl (C=O) groups excluding carboxylic acids is 1. The van der Waals surface area contributed by atoms with Crippen molar-refractivity contribution in [2.75, 3.05) is 18.0 Å². The fourth-order valence-corrected chi connectivity index (χ4v) is 5.64.